The number of ether oxygens (including phenoxy) is 1. The summed E-state index contributed by atoms with van der Waals surface area (Å²) in [6.07, 6.45) is 6.61. The lowest BCUT2D eigenvalue weighted by molar-refractivity contribution is -0.505. The van der Waals surface area contributed by atoms with Gasteiger partial charge in [0.25, 0.3) is 0 Å². The second kappa shape index (κ2) is 5.52. The molecular weight excluding hydrogens is 323 g/mol. The van der Waals surface area contributed by atoms with Crippen LogP contribution in [-0.2, 0) is 19.7 Å². The van der Waals surface area contributed by atoms with Crippen LogP contribution in [0.1, 0.15) is 37.7 Å². The van der Waals surface area contributed by atoms with Gasteiger partial charge in [-0.05, 0) is 67.9 Å². The standard InChI is InChI=1S/C19H23O4P/c1-21-16-5-3-2-4-15(16)19(24-20)18(22-23-19)17-13-7-11-6-12(9-13)10-14(17)8-11/h2-5,11-14,17-18H,6-10H2,1H3/p+1. The zero-order valence-corrected chi connectivity index (χ0v) is 14.9. The second-order valence-corrected chi connectivity index (χ2v) is 9.09. The molecule has 4 aliphatic carbocycles. The fourth-order valence-corrected chi connectivity index (χ4v) is 7.03. The van der Waals surface area contributed by atoms with Crippen molar-refractivity contribution in [2.75, 3.05) is 7.11 Å². The van der Waals surface area contributed by atoms with E-state index in [9.17, 15) is 4.57 Å². The van der Waals surface area contributed by atoms with Gasteiger partial charge < -0.3 is 4.74 Å². The predicted octanol–water partition coefficient (Wildman–Crippen LogP) is 4.27. The third kappa shape index (κ3) is 2.00. The molecule has 128 valence electrons. The molecular formula is C19H24O4P+. The van der Waals surface area contributed by atoms with Gasteiger partial charge in [-0.2, -0.15) is 4.89 Å². The van der Waals surface area contributed by atoms with E-state index < -0.39 is 13.8 Å². The topological polar surface area (TPSA) is 44.8 Å². The molecule has 0 aromatic heterocycles. The van der Waals surface area contributed by atoms with Crippen molar-refractivity contribution in [2.24, 2.45) is 29.6 Å². The van der Waals surface area contributed by atoms with Crippen molar-refractivity contribution in [2.45, 2.75) is 43.6 Å². The minimum atomic E-state index is -0.855. The van der Waals surface area contributed by atoms with E-state index in [0.717, 1.165) is 23.1 Å². The molecule has 24 heavy (non-hydrogen) atoms. The van der Waals surface area contributed by atoms with Crippen molar-refractivity contribution in [3.05, 3.63) is 29.8 Å². The van der Waals surface area contributed by atoms with Crippen molar-refractivity contribution in [1.82, 2.24) is 0 Å². The van der Waals surface area contributed by atoms with Gasteiger partial charge in [-0.15, -0.1) is 0 Å². The van der Waals surface area contributed by atoms with Crippen LogP contribution in [-0.4, -0.2) is 13.2 Å². The maximum absolute atomic E-state index is 12.3. The molecule has 0 spiro atoms. The third-order valence-corrected chi connectivity index (χ3v) is 7.93. The molecule has 6 rings (SSSR count). The van der Waals surface area contributed by atoms with E-state index in [2.05, 4.69) is 0 Å². The van der Waals surface area contributed by atoms with E-state index in [1.165, 1.54) is 32.1 Å². The molecule has 1 aliphatic heterocycles. The number of hydrogen-bond donors (Lipinski definition) is 0. The zero-order valence-electron chi connectivity index (χ0n) is 13.9. The third-order valence-electron chi connectivity index (χ3n) is 6.99. The van der Waals surface area contributed by atoms with Gasteiger partial charge in [0.15, 0.2) is 6.10 Å². The summed E-state index contributed by atoms with van der Waals surface area (Å²) in [6, 6.07) is 7.76. The van der Waals surface area contributed by atoms with Crippen LogP contribution in [0.5, 0.6) is 5.75 Å². The van der Waals surface area contributed by atoms with Crippen molar-refractivity contribution in [1.29, 1.82) is 0 Å². The number of benzene rings is 1. The lowest BCUT2D eigenvalue weighted by Crippen LogP contribution is -2.60. The van der Waals surface area contributed by atoms with Gasteiger partial charge in [0.2, 0.25) is 0 Å². The molecule has 4 nitrogen and oxygen atoms in total. The molecule has 1 aromatic rings. The average Bonchev–Trinajstić information content (AvgIpc) is 2.58. The number of rotatable bonds is 4. The predicted molar refractivity (Wildman–Crippen MR) is 90.2 cm³/mol. The minimum absolute atomic E-state index is 0.111. The molecule has 5 fully saturated rings. The summed E-state index contributed by atoms with van der Waals surface area (Å²) < 4.78 is 17.8. The molecule has 3 atom stereocenters. The molecule has 0 radical (unpaired) electrons. The van der Waals surface area contributed by atoms with E-state index in [0.29, 0.717) is 17.8 Å². The lowest BCUT2D eigenvalue weighted by Gasteiger charge is -2.58. The van der Waals surface area contributed by atoms with Crippen LogP contribution >= 0.6 is 8.46 Å². The quantitative estimate of drug-likeness (QED) is 0.602. The van der Waals surface area contributed by atoms with E-state index in [1.54, 1.807) is 7.11 Å². The molecule has 1 heterocycles. The Hall–Kier alpha value is -0.960. The summed E-state index contributed by atoms with van der Waals surface area (Å²) >= 11 is 0. The van der Waals surface area contributed by atoms with Gasteiger partial charge >= 0.3 is 13.8 Å². The van der Waals surface area contributed by atoms with Crippen LogP contribution in [0.4, 0.5) is 0 Å². The molecule has 3 unspecified atom stereocenters. The normalized spacial score (nSPS) is 46.0. The Morgan fingerprint density at radius 2 is 1.75 bits per heavy atom. The molecule has 1 aromatic carbocycles. The Morgan fingerprint density at radius 1 is 1.08 bits per heavy atom. The Balaban J connectivity index is 1.51. The molecule has 5 aliphatic rings. The Labute approximate surface area is 144 Å². The van der Waals surface area contributed by atoms with Gasteiger partial charge in [-0.3, -0.25) is 0 Å². The van der Waals surface area contributed by atoms with E-state index in [4.69, 9.17) is 14.5 Å². The first-order valence-electron chi connectivity index (χ1n) is 9.12. The van der Waals surface area contributed by atoms with Crippen molar-refractivity contribution >= 4 is 8.46 Å². The van der Waals surface area contributed by atoms with E-state index in [1.807, 2.05) is 24.3 Å². The SMILES string of the molecule is COc1ccccc1C1([PH+]=O)OOC1C1C2CC3CC(C2)CC1C3. The Bertz CT molecular complexity index is 635. The monoisotopic (exact) mass is 347 g/mol. The zero-order chi connectivity index (χ0) is 16.3. The van der Waals surface area contributed by atoms with Crippen LogP contribution in [0.15, 0.2) is 24.3 Å². The summed E-state index contributed by atoms with van der Waals surface area (Å²) in [6.45, 7) is 0. The van der Waals surface area contributed by atoms with Crippen LogP contribution in [0, 0.1) is 29.6 Å². The highest BCUT2D eigenvalue weighted by atomic mass is 31.1. The molecule has 5 heteroatoms. The molecule has 0 amide bonds. The van der Waals surface area contributed by atoms with Crippen LogP contribution in [0.2, 0.25) is 0 Å². The van der Waals surface area contributed by atoms with E-state index in [-0.39, 0.29) is 6.10 Å². The van der Waals surface area contributed by atoms with Crippen molar-refractivity contribution in [3.63, 3.8) is 0 Å². The highest BCUT2D eigenvalue weighted by molar-refractivity contribution is 7.25. The number of para-hydroxylation sites is 1. The number of methoxy groups -OCH3 is 1. The minimum Gasteiger partial charge on any atom is -0.496 e. The molecule has 4 bridgehead atoms. The summed E-state index contributed by atoms with van der Waals surface area (Å²) in [4.78, 5) is 11.3. The summed E-state index contributed by atoms with van der Waals surface area (Å²) in [5.74, 6) is 4.46. The fraction of sp³-hybridized carbons (Fsp3) is 0.684. The maximum Gasteiger partial charge on any atom is 0.370 e. The van der Waals surface area contributed by atoms with Gasteiger partial charge in [-0.1, -0.05) is 16.7 Å². The molecule has 4 saturated carbocycles. The Morgan fingerprint density at radius 3 is 2.29 bits per heavy atom. The maximum atomic E-state index is 12.3. The molecule has 1 saturated heterocycles. The van der Waals surface area contributed by atoms with Crippen LogP contribution in [0.25, 0.3) is 0 Å². The van der Waals surface area contributed by atoms with Crippen LogP contribution < -0.4 is 4.74 Å². The van der Waals surface area contributed by atoms with Crippen molar-refractivity contribution < 1.29 is 19.1 Å². The number of hydrogen-bond acceptors (Lipinski definition) is 4. The first kappa shape index (κ1) is 15.3. The van der Waals surface area contributed by atoms with Gasteiger partial charge in [0.1, 0.15) is 5.75 Å². The van der Waals surface area contributed by atoms with Gasteiger partial charge in [0, 0.05) is 5.92 Å². The highest BCUT2D eigenvalue weighted by Gasteiger charge is 2.69. The first-order chi connectivity index (χ1) is 11.7. The molecule has 0 N–H and O–H groups in total. The van der Waals surface area contributed by atoms with E-state index >= 15 is 0 Å². The first-order valence-corrected chi connectivity index (χ1v) is 10.0. The largest absolute Gasteiger partial charge is 0.496 e. The average molecular weight is 347 g/mol. The second-order valence-electron chi connectivity index (χ2n) is 8.15. The fourth-order valence-electron chi connectivity index (χ4n) is 6.28. The highest BCUT2D eigenvalue weighted by Crippen LogP contribution is 2.63. The summed E-state index contributed by atoms with van der Waals surface area (Å²) in [5.41, 5.74) is 0.867. The summed E-state index contributed by atoms with van der Waals surface area (Å²) in [7, 11) is 1.05. The van der Waals surface area contributed by atoms with Crippen molar-refractivity contribution in [3.8, 4) is 5.75 Å². The van der Waals surface area contributed by atoms with Crippen LogP contribution in [0.3, 0.4) is 0 Å². The Kier molecular flexibility index (Phi) is 3.52. The van der Waals surface area contributed by atoms with Gasteiger partial charge in [0.05, 0.1) is 12.7 Å². The smallest absolute Gasteiger partial charge is 0.370 e. The van der Waals surface area contributed by atoms with Gasteiger partial charge in [-0.25, -0.2) is 4.89 Å². The summed E-state index contributed by atoms with van der Waals surface area (Å²) in [5, 5.41) is -0.855. The lowest BCUT2D eigenvalue weighted by atomic mass is 9.50.